The highest BCUT2D eigenvalue weighted by Gasteiger charge is 2.08. The van der Waals surface area contributed by atoms with E-state index in [0.29, 0.717) is 0 Å². The van der Waals surface area contributed by atoms with E-state index in [9.17, 15) is 5.11 Å². The van der Waals surface area contributed by atoms with Gasteiger partial charge in [-0.3, -0.25) is 0 Å². The molecule has 0 spiro atoms. The molecule has 1 aliphatic rings. The minimum absolute atomic E-state index is 0.178. The van der Waals surface area contributed by atoms with Crippen molar-refractivity contribution in [2.45, 2.75) is 38.2 Å². The molecule has 0 bridgehead atoms. The summed E-state index contributed by atoms with van der Waals surface area (Å²) < 4.78 is 4.82. The monoisotopic (exact) mass is 213 g/mol. The molecule has 0 aromatic rings. The molecule has 15 heavy (non-hydrogen) atoms. The SMILES string of the molecule is C=COCC(O)CON=C1CCCCC1. The fraction of sp³-hybridized carbons (Fsp3) is 0.727. The first-order valence-corrected chi connectivity index (χ1v) is 5.41. The topological polar surface area (TPSA) is 51.0 Å². The van der Waals surface area contributed by atoms with Crippen LogP contribution in [0, 0.1) is 0 Å². The highest BCUT2D eigenvalue weighted by molar-refractivity contribution is 5.84. The van der Waals surface area contributed by atoms with Gasteiger partial charge in [-0.15, -0.1) is 0 Å². The molecule has 0 saturated heterocycles. The van der Waals surface area contributed by atoms with Gasteiger partial charge in [-0.2, -0.15) is 0 Å². The zero-order valence-electron chi connectivity index (χ0n) is 9.02. The second kappa shape index (κ2) is 7.29. The summed E-state index contributed by atoms with van der Waals surface area (Å²) in [5.41, 5.74) is 1.11. The molecular weight excluding hydrogens is 194 g/mol. The van der Waals surface area contributed by atoms with Crippen LogP contribution in [0.25, 0.3) is 0 Å². The number of hydrogen-bond donors (Lipinski definition) is 1. The van der Waals surface area contributed by atoms with Crippen molar-refractivity contribution in [3.63, 3.8) is 0 Å². The molecule has 1 fully saturated rings. The predicted octanol–water partition coefficient (Wildman–Crippen LogP) is 1.84. The summed E-state index contributed by atoms with van der Waals surface area (Å²) >= 11 is 0. The molecule has 1 aliphatic carbocycles. The van der Waals surface area contributed by atoms with E-state index in [2.05, 4.69) is 11.7 Å². The first kappa shape index (κ1) is 12.0. The van der Waals surface area contributed by atoms with Crippen LogP contribution >= 0.6 is 0 Å². The Kier molecular flexibility index (Phi) is 5.85. The van der Waals surface area contributed by atoms with Crippen molar-refractivity contribution in [3.05, 3.63) is 12.8 Å². The van der Waals surface area contributed by atoms with Crippen LogP contribution < -0.4 is 0 Å². The fourth-order valence-corrected chi connectivity index (χ4v) is 1.49. The van der Waals surface area contributed by atoms with E-state index in [-0.39, 0.29) is 13.2 Å². The average Bonchev–Trinajstić information content (AvgIpc) is 2.28. The molecule has 1 rings (SSSR count). The molecule has 86 valence electrons. The molecule has 0 aromatic carbocycles. The van der Waals surface area contributed by atoms with Crippen molar-refractivity contribution in [3.8, 4) is 0 Å². The second-order valence-corrected chi connectivity index (χ2v) is 3.67. The van der Waals surface area contributed by atoms with Gasteiger partial charge in [0.05, 0.1) is 12.0 Å². The highest BCUT2D eigenvalue weighted by atomic mass is 16.6. The second-order valence-electron chi connectivity index (χ2n) is 3.67. The summed E-state index contributed by atoms with van der Waals surface area (Å²) in [5, 5.41) is 13.3. The number of aliphatic hydroxyl groups is 1. The van der Waals surface area contributed by atoms with Gasteiger partial charge in [0.15, 0.2) is 0 Å². The lowest BCUT2D eigenvalue weighted by molar-refractivity contribution is 0.00399. The lowest BCUT2D eigenvalue weighted by Gasteiger charge is -2.13. The number of nitrogens with zero attached hydrogens (tertiary/aromatic N) is 1. The van der Waals surface area contributed by atoms with Gasteiger partial charge < -0.3 is 14.7 Å². The van der Waals surface area contributed by atoms with Crippen molar-refractivity contribution >= 4 is 5.71 Å². The molecule has 1 unspecified atom stereocenters. The Bertz CT molecular complexity index is 208. The first-order valence-electron chi connectivity index (χ1n) is 5.41. The van der Waals surface area contributed by atoms with Gasteiger partial charge in [-0.05, 0) is 25.7 Å². The minimum atomic E-state index is -0.643. The van der Waals surface area contributed by atoms with Crippen LogP contribution in [0.15, 0.2) is 18.0 Å². The Morgan fingerprint density at radius 1 is 1.33 bits per heavy atom. The van der Waals surface area contributed by atoms with Crippen LogP contribution in [0.1, 0.15) is 32.1 Å². The van der Waals surface area contributed by atoms with Gasteiger partial charge in [-0.1, -0.05) is 18.2 Å². The predicted molar refractivity (Wildman–Crippen MR) is 58.6 cm³/mol. The van der Waals surface area contributed by atoms with E-state index in [1.165, 1.54) is 25.5 Å². The molecular formula is C11H19NO3. The number of hydrogen-bond acceptors (Lipinski definition) is 4. The summed E-state index contributed by atoms with van der Waals surface area (Å²) in [6.45, 7) is 3.77. The van der Waals surface area contributed by atoms with E-state index in [4.69, 9.17) is 9.57 Å². The number of rotatable bonds is 6. The smallest absolute Gasteiger partial charge is 0.146 e. The normalized spacial score (nSPS) is 18.1. The van der Waals surface area contributed by atoms with Crippen LogP contribution in [0.5, 0.6) is 0 Å². The summed E-state index contributed by atoms with van der Waals surface area (Å²) in [4.78, 5) is 5.06. The van der Waals surface area contributed by atoms with E-state index in [0.717, 1.165) is 18.6 Å². The molecule has 0 aromatic heterocycles. The van der Waals surface area contributed by atoms with Gasteiger partial charge in [0.1, 0.15) is 19.3 Å². The van der Waals surface area contributed by atoms with Crippen molar-refractivity contribution in [1.29, 1.82) is 0 Å². The standard InChI is InChI=1S/C11H19NO3/c1-2-14-8-11(13)9-15-12-10-6-4-3-5-7-10/h2,11,13H,1,3-9H2. The van der Waals surface area contributed by atoms with Crippen LogP contribution in [0.3, 0.4) is 0 Å². The third-order valence-corrected chi connectivity index (χ3v) is 2.30. The average molecular weight is 213 g/mol. The number of ether oxygens (including phenoxy) is 1. The molecule has 4 heteroatoms. The summed E-state index contributed by atoms with van der Waals surface area (Å²) in [6.07, 6.45) is 6.40. The van der Waals surface area contributed by atoms with E-state index in [1.807, 2.05) is 0 Å². The van der Waals surface area contributed by atoms with E-state index >= 15 is 0 Å². The lowest BCUT2D eigenvalue weighted by atomic mass is 9.99. The Hall–Kier alpha value is -1.03. The quantitative estimate of drug-likeness (QED) is 0.541. The summed E-state index contributed by atoms with van der Waals surface area (Å²) in [6, 6.07) is 0. The Labute approximate surface area is 90.6 Å². The summed E-state index contributed by atoms with van der Waals surface area (Å²) in [5.74, 6) is 0. The maximum absolute atomic E-state index is 9.34. The van der Waals surface area contributed by atoms with Crippen molar-refractivity contribution in [1.82, 2.24) is 0 Å². The van der Waals surface area contributed by atoms with Crippen LogP contribution in [0.2, 0.25) is 0 Å². The third kappa shape index (κ3) is 5.42. The Morgan fingerprint density at radius 2 is 2.07 bits per heavy atom. The van der Waals surface area contributed by atoms with E-state index < -0.39 is 6.10 Å². The zero-order chi connectivity index (χ0) is 10.9. The number of oxime groups is 1. The molecule has 4 nitrogen and oxygen atoms in total. The summed E-state index contributed by atoms with van der Waals surface area (Å²) in [7, 11) is 0. The minimum Gasteiger partial charge on any atom is -0.499 e. The molecule has 1 N–H and O–H groups in total. The van der Waals surface area contributed by atoms with Gasteiger partial charge in [0, 0.05) is 0 Å². The number of aliphatic hydroxyl groups excluding tert-OH is 1. The first-order chi connectivity index (χ1) is 7.33. The van der Waals surface area contributed by atoms with Crippen LogP contribution in [-0.2, 0) is 9.57 Å². The molecule has 0 aliphatic heterocycles. The van der Waals surface area contributed by atoms with Crippen LogP contribution in [0.4, 0.5) is 0 Å². The van der Waals surface area contributed by atoms with E-state index in [1.54, 1.807) is 0 Å². The fourth-order valence-electron chi connectivity index (χ4n) is 1.49. The Balaban J connectivity index is 2.10. The van der Waals surface area contributed by atoms with Crippen molar-refractivity contribution < 1.29 is 14.7 Å². The third-order valence-electron chi connectivity index (χ3n) is 2.30. The lowest BCUT2D eigenvalue weighted by Crippen LogP contribution is -2.19. The maximum Gasteiger partial charge on any atom is 0.146 e. The van der Waals surface area contributed by atoms with Gasteiger partial charge in [0.2, 0.25) is 0 Å². The largest absolute Gasteiger partial charge is 0.499 e. The van der Waals surface area contributed by atoms with Gasteiger partial charge >= 0.3 is 0 Å². The van der Waals surface area contributed by atoms with Crippen LogP contribution in [-0.4, -0.2) is 30.1 Å². The van der Waals surface area contributed by atoms with Crippen molar-refractivity contribution in [2.75, 3.05) is 13.2 Å². The molecule has 1 atom stereocenters. The van der Waals surface area contributed by atoms with Gasteiger partial charge in [0.25, 0.3) is 0 Å². The van der Waals surface area contributed by atoms with Gasteiger partial charge in [-0.25, -0.2) is 0 Å². The molecule has 0 heterocycles. The maximum atomic E-state index is 9.34. The highest BCUT2D eigenvalue weighted by Crippen LogP contribution is 2.14. The zero-order valence-corrected chi connectivity index (χ0v) is 9.02. The molecule has 0 amide bonds. The Morgan fingerprint density at radius 3 is 2.73 bits per heavy atom. The van der Waals surface area contributed by atoms with Crippen molar-refractivity contribution in [2.24, 2.45) is 5.16 Å². The molecule has 0 radical (unpaired) electrons. The molecule has 1 saturated carbocycles.